The Labute approximate surface area is 196 Å². The van der Waals surface area contributed by atoms with Crippen molar-refractivity contribution >= 4 is 11.9 Å². The van der Waals surface area contributed by atoms with Crippen LogP contribution in [0.2, 0.25) is 0 Å². The molecule has 182 valence electrons. The van der Waals surface area contributed by atoms with Crippen LogP contribution in [0, 0.1) is 5.41 Å². The molecule has 1 aromatic rings. The third-order valence-corrected chi connectivity index (χ3v) is 5.45. The Hall–Kier alpha value is -1.84. The van der Waals surface area contributed by atoms with Gasteiger partial charge in [-0.15, -0.1) is 0 Å². The summed E-state index contributed by atoms with van der Waals surface area (Å²) in [6.45, 7) is 9.03. The first kappa shape index (κ1) is 28.2. The molecule has 0 bridgehead atoms. The molecule has 1 aromatic carbocycles. The van der Waals surface area contributed by atoms with E-state index in [2.05, 4.69) is 6.92 Å². The van der Waals surface area contributed by atoms with Crippen LogP contribution in [-0.4, -0.2) is 25.2 Å². The molecule has 0 unspecified atom stereocenters. The molecule has 0 heterocycles. The molecule has 0 aliphatic rings. The van der Waals surface area contributed by atoms with Gasteiger partial charge < -0.3 is 9.47 Å². The summed E-state index contributed by atoms with van der Waals surface area (Å²) < 4.78 is 10.7. The molecule has 0 saturated heterocycles. The average molecular weight is 447 g/mol. The maximum absolute atomic E-state index is 12.3. The molecular weight excluding hydrogens is 400 g/mol. The number of hydrogen-bond acceptors (Lipinski definition) is 4. The standard InChI is InChI=1S/C28H46O4/c1-5-6-7-8-9-10-11-12-13-14-15-16-17-21-31-26(29)24-19-18-20-25(22-24)27(30)32-23-28(2,3)4/h18-20,22H,5-17,21,23H2,1-4H3. The number of benzene rings is 1. The Morgan fingerprint density at radius 1 is 0.688 bits per heavy atom. The Morgan fingerprint density at radius 2 is 1.12 bits per heavy atom. The monoisotopic (exact) mass is 446 g/mol. The molecule has 4 heteroatoms. The number of rotatable bonds is 17. The van der Waals surface area contributed by atoms with Gasteiger partial charge in [0.15, 0.2) is 0 Å². The van der Waals surface area contributed by atoms with Crippen LogP contribution in [0.1, 0.15) is 132 Å². The van der Waals surface area contributed by atoms with Gasteiger partial charge in [0, 0.05) is 0 Å². The Bertz CT molecular complexity index is 645. The number of carbonyl (C=O) groups is 2. The molecule has 0 atom stereocenters. The van der Waals surface area contributed by atoms with Crippen LogP contribution in [0.3, 0.4) is 0 Å². The second-order valence-electron chi connectivity index (χ2n) is 10.1. The molecular formula is C28H46O4. The van der Waals surface area contributed by atoms with Crippen LogP contribution in [0.5, 0.6) is 0 Å². The van der Waals surface area contributed by atoms with E-state index in [1.165, 1.54) is 70.6 Å². The summed E-state index contributed by atoms with van der Waals surface area (Å²) in [7, 11) is 0. The van der Waals surface area contributed by atoms with Crippen molar-refractivity contribution in [1.29, 1.82) is 0 Å². The molecule has 0 aliphatic carbocycles. The quantitative estimate of drug-likeness (QED) is 0.179. The Balaban J connectivity index is 2.10. The topological polar surface area (TPSA) is 52.6 Å². The summed E-state index contributed by atoms with van der Waals surface area (Å²) in [6.07, 6.45) is 16.7. The van der Waals surface area contributed by atoms with Crippen LogP contribution in [0.4, 0.5) is 0 Å². The van der Waals surface area contributed by atoms with E-state index in [4.69, 9.17) is 9.47 Å². The fourth-order valence-corrected chi connectivity index (χ4v) is 3.51. The highest BCUT2D eigenvalue weighted by Crippen LogP contribution is 2.16. The molecule has 0 saturated carbocycles. The lowest BCUT2D eigenvalue weighted by Crippen LogP contribution is -2.18. The fourth-order valence-electron chi connectivity index (χ4n) is 3.51. The van der Waals surface area contributed by atoms with E-state index in [1.807, 2.05) is 20.8 Å². The number of hydrogen-bond donors (Lipinski definition) is 0. The fraction of sp³-hybridized carbons (Fsp3) is 0.714. The zero-order chi connectivity index (χ0) is 23.7. The maximum Gasteiger partial charge on any atom is 0.338 e. The van der Waals surface area contributed by atoms with E-state index in [-0.39, 0.29) is 11.4 Å². The number of ether oxygens (including phenoxy) is 2. The van der Waals surface area contributed by atoms with Gasteiger partial charge in [-0.1, -0.05) is 111 Å². The van der Waals surface area contributed by atoms with Crippen molar-refractivity contribution in [2.45, 2.75) is 111 Å². The first-order chi connectivity index (χ1) is 15.3. The van der Waals surface area contributed by atoms with E-state index in [0.29, 0.717) is 24.3 Å². The first-order valence-corrected chi connectivity index (χ1v) is 12.8. The van der Waals surface area contributed by atoms with Crippen LogP contribution in [0.25, 0.3) is 0 Å². The summed E-state index contributed by atoms with van der Waals surface area (Å²) >= 11 is 0. The van der Waals surface area contributed by atoms with Crippen molar-refractivity contribution < 1.29 is 19.1 Å². The molecule has 32 heavy (non-hydrogen) atoms. The number of unbranched alkanes of at least 4 members (excludes halogenated alkanes) is 12. The first-order valence-electron chi connectivity index (χ1n) is 12.8. The van der Waals surface area contributed by atoms with Crippen molar-refractivity contribution in [3.63, 3.8) is 0 Å². The third-order valence-electron chi connectivity index (χ3n) is 5.45. The summed E-state index contributed by atoms with van der Waals surface area (Å²) in [5, 5.41) is 0. The van der Waals surface area contributed by atoms with Gasteiger partial charge in [-0.3, -0.25) is 0 Å². The van der Waals surface area contributed by atoms with Crippen LogP contribution in [0.15, 0.2) is 24.3 Å². The molecule has 0 amide bonds. The van der Waals surface area contributed by atoms with E-state index in [1.54, 1.807) is 24.3 Å². The molecule has 1 rings (SSSR count). The Kier molecular flexibility index (Phi) is 14.8. The molecule has 0 spiro atoms. The van der Waals surface area contributed by atoms with Crippen LogP contribution < -0.4 is 0 Å². The smallest absolute Gasteiger partial charge is 0.338 e. The minimum atomic E-state index is -0.411. The molecule has 0 aliphatic heterocycles. The van der Waals surface area contributed by atoms with Crippen molar-refractivity contribution in [3.8, 4) is 0 Å². The third kappa shape index (κ3) is 14.3. The predicted octanol–water partition coefficient (Wildman–Crippen LogP) is 8.14. The molecule has 4 nitrogen and oxygen atoms in total. The van der Waals surface area contributed by atoms with Crippen LogP contribution in [-0.2, 0) is 9.47 Å². The van der Waals surface area contributed by atoms with E-state index in [9.17, 15) is 9.59 Å². The lowest BCUT2D eigenvalue weighted by Gasteiger charge is -2.17. The molecule has 0 radical (unpaired) electrons. The van der Waals surface area contributed by atoms with Crippen molar-refractivity contribution in [3.05, 3.63) is 35.4 Å². The van der Waals surface area contributed by atoms with Crippen molar-refractivity contribution in [2.75, 3.05) is 13.2 Å². The summed E-state index contributed by atoms with van der Waals surface area (Å²) in [4.78, 5) is 24.5. The van der Waals surface area contributed by atoms with E-state index < -0.39 is 5.97 Å². The van der Waals surface area contributed by atoms with Gasteiger partial charge in [-0.05, 0) is 30.0 Å². The van der Waals surface area contributed by atoms with E-state index >= 15 is 0 Å². The summed E-state index contributed by atoms with van der Waals surface area (Å²) in [5.41, 5.74) is 0.676. The van der Waals surface area contributed by atoms with Crippen molar-refractivity contribution in [2.24, 2.45) is 5.41 Å². The van der Waals surface area contributed by atoms with E-state index in [0.717, 1.165) is 12.8 Å². The lowest BCUT2D eigenvalue weighted by molar-refractivity contribution is 0.0367. The highest BCUT2D eigenvalue weighted by atomic mass is 16.5. The van der Waals surface area contributed by atoms with Gasteiger partial charge in [-0.2, -0.15) is 0 Å². The Morgan fingerprint density at radius 3 is 1.59 bits per heavy atom. The number of esters is 2. The largest absolute Gasteiger partial charge is 0.462 e. The zero-order valence-corrected chi connectivity index (χ0v) is 21.0. The summed E-state index contributed by atoms with van der Waals surface area (Å²) in [6, 6.07) is 6.58. The summed E-state index contributed by atoms with van der Waals surface area (Å²) in [5.74, 6) is -0.791. The predicted molar refractivity (Wildman–Crippen MR) is 132 cm³/mol. The lowest BCUT2D eigenvalue weighted by atomic mass is 9.99. The van der Waals surface area contributed by atoms with Gasteiger partial charge in [-0.25, -0.2) is 9.59 Å². The number of carbonyl (C=O) groups excluding carboxylic acids is 2. The second-order valence-corrected chi connectivity index (χ2v) is 10.1. The van der Waals surface area contributed by atoms with Crippen LogP contribution >= 0.6 is 0 Å². The maximum atomic E-state index is 12.3. The van der Waals surface area contributed by atoms with Gasteiger partial charge in [0.05, 0.1) is 24.3 Å². The zero-order valence-electron chi connectivity index (χ0n) is 21.0. The second kappa shape index (κ2) is 16.7. The minimum absolute atomic E-state index is 0.0971. The molecule has 0 fully saturated rings. The normalized spacial score (nSPS) is 11.4. The van der Waals surface area contributed by atoms with Gasteiger partial charge >= 0.3 is 11.9 Å². The average Bonchev–Trinajstić information content (AvgIpc) is 2.77. The molecule has 0 aromatic heterocycles. The highest BCUT2D eigenvalue weighted by Gasteiger charge is 2.16. The van der Waals surface area contributed by atoms with Gasteiger partial charge in [0.25, 0.3) is 0 Å². The SMILES string of the molecule is CCCCCCCCCCCCCCCOC(=O)c1cccc(C(=O)OCC(C)(C)C)c1. The highest BCUT2D eigenvalue weighted by molar-refractivity contribution is 5.95. The van der Waals surface area contributed by atoms with Gasteiger partial charge in [0.2, 0.25) is 0 Å². The van der Waals surface area contributed by atoms with Gasteiger partial charge in [0.1, 0.15) is 0 Å². The van der Waals surface area contributed by atoms with Crippen molar-refractivity contribution in [1.82, 2.24) is 0 Å². The minimum Gasteiger partial charge on any atom is -0.462 e. The molecule has 0 N–H and O–H groups in total.